The molecular formula is C14H26F2N2O. The molecule has 1 saturated carbocycles. The smallest absolute Gasteiger partial charge is 0.258 e. The number of alkyl halides is 2. The van der Waals surface area contributed by atoms with Crippen LogP contribution >= 0.6 is 0 Å². The second-order valence-corrected chi connectivity index (χ2v) is 6.66. The molecule has 1 heterocycles. The Morgan fingerprint density at radius 2 is 2.00 bits per heavy atom. The molecule has 1 aliphatic heterocycles. The first-order valence-corrected chi connectivity index (χ1v) is 7.14. The molecule has 5 heteroatoms. The molecule has 3 nitrogen and oxygen atoms in total. The van der Waals surface area contributed by atoms with Gasteiger partial charge in [-0.3, -0.25) is 0 Å². The van der Waals surface area contributed by atoms with Crippen LogP contribution in [0, 0.1) is 5.41 Å². The van der Waals surface area contributed by atoms with Gasteiger partial charge in [-0.05, 0) is 40.9 Å². The van der Waals surface area contributed by atoms with Crippen LogP contribution < -0.4 is 0 Å². The third kappa shape index (κ3) is 3.26. The van der Waals surface area contributed by atoms with Gasteiger partial charge in [0.25, 0.3) is 5.92 Å². The van der Waals surface area contributed by atoms with Gasteiger partial charge in [-0.2, -0.15) is 0 Å². The first-order valence-electron chi connectivity index (χ1n) is 7.14. The molecule has 0 unspecified atom stereocenters. The summed E-state index contributed by atoms with van der Waals surface area (Å²) in [6.07, 6.45) is 1.07. The van der Waals surface area contributed by atoms with Crippen molar-refractivity contribution in [3.63, 3.8) is 0 Å². The molecule has 19 heavy (non-hydrogen) atoms. The average Bonchev–Trinajstić information content (AvgIpc) is 2.66. The topological polar surface area (TPSA) is 15.7 Å². The number of hydrogen-bond acceptors (Lipinski definition) is 3. The van der Waals surface area contributed by atoms with Gasteiger partial charge in [0, 0.05) is 25.6 Å². The summed E-state index contributed by atoms with van der Waals surface area (Å²) in [6, 6.07) is 0.496. The van der Waals surface area contributed by atoms with Crippen molar-refractivity contribution in [3.8, 4) is 0 Å². The molecule has 0 bridgehead atoms. The van der Waals surface area contributed by atoms with Gasteiger partial charge >= 0.3 is 0 Å². The maximum absolute atomic E-state index is 13.7. The molecule has 2 rings (SSSR count). The van der Waals surface area contributed by atoms with E-state index in [0.717, 1.165) is 19.5 Å². The molecule has 0 aromatic carbocycles. The van der Waals surface area contributed by atoms with E-state index in [1.54, 1.807) is 0 Å². The molecule has 0 radical (unpaired) electrons. The third-order valence-corrected chi connectivity index (χ3v) is 4.41. The van der Waals surface area contributed by atoms with E-state index < -0.39 is 11.3 Å². The molecule has 2 aliphatic rings. The minimum atomic E-state index is -2.54. The molecule has 1 aliphatic carbocycles. The summed E-state index contributed by atoms with van der Waals surface area (Å²) in [7, 11) is 4.11. The van der Waals surface area contributed by atoms with Crippen LogP contribution in [0.25, 0.3) is 0 Å². The normalized spacial score (nSPS) is 34.4. The van der Waals surface area contributed by atoms with Crippen molar-refractivity contribution in [1.82, 2.24) is 9.80 Å². The Morgan fingerprint density at radius 3 is 2.42 bits per heavy atom. The number of rotatable bonds is 6. The predicted molar refractivity (Wildman–Crippen MR) is 71.6 cm³/mol. The highest BCUT2D eigenvalue weighted by molar-refractivity contribution is 5.12. The predicted octanol–water partition coefficient (Wildman–Crippen LogP) is 2.07. The fraction of sp³-hybridized carbons (Fsp3) is 1.00. The van der Waals surface area contributed by atoms with E-state index in [2.05, 4.69) is 23.9 Å². The Morgan fingerprint density at radius 1 is 1.37 bits per heavy atom. The van der Waals surface area contributed by atoms with E-state index in [0.29, 0.717) is 12.6 Å². The van der Waals surface area contributed by atoms with Gasteiger partial charge in [0.1, 0.15) is 0 Å². The SMILES string of the molecule is CC(C)OC[C@]1(CN2CC[C@H](N(C)C)C2)CC1(F)F. The molecule has 1 saturated heterocycles. The minimum Gasteiger partial charge on any atom is -0.378 e. The Hall–Kier alpha value is -0.260. The zero-order chi connectivity index (χ0) is 14.3. The molecule has 0 aromatic heterocycles. The van der Waals surface area contributed by atoms with Crippen molar-refractivity contribution in [3.05, 3.63) is 0 Å². The van der Waals surface area contributed by atoms with E-state index in [-0.39, 0.29) is 19.1 Å². The van der Waals surface area contributed by atoms with Gasteiger partial charge < -0.3 is 14.5 Å². The van der Waals surface area contributed by atoms with Gasteiger partial charge in [-0.15, -0.1) is 0 Å². The quantitative estimate of drug-likeness (QED) is 0.738. The van der Waals surface area contributed by atoms with Crippen molar-refractivity contribution >= 4 is 0 Å². The highest BCUT2D eigenvalue weighted by Crippen LogP contribution is 2.61. The molecule has 2 atom stereocenters. The molecule has 2 fully saturated rings. The Bertz CT molecular complexity index is 323. The number of likely N-dealkylation sites (tertiary alicyclic amines) is 1. The van der Waals surface area contributed by atoms with Crippen LogP contribution in [0.3, 0.4) is 0 Å². The van der Waals surface area contributed by atoms with Crippen molar-refractivity contribution in [2.45, 2.75) is 44.8 Å². The summed E-state index contributed by atoms with van der Waals surface area (Å²) >= 11 is 0. The molecule has 0 aromatic rings. The van der Waals surface area contributed by atoms with Crippen LogP contribution in [0.1, 0.15) is 26.7 Å². The maximum atomic E-state index is 13.7. The summed E-state index contributed by atoms with van der Waals surface area (Å²) in [5.41, 5.74) is -0.932. The molecule has 0 N–H and O–H groups in total. The van der Waals surface area contributed by atoms with E-state index in [4.69, 9.17) is 4.74 Å². The zero-order valence-corrected chi connectivity index (χ0v) is 12.5. The third-order valence-electron chi connectivity index (χ3n) is 4.41. The van der Waals surface area contributed by atoms with E-state index >= 15 is 0 Å². The van der Waals surface area contributed by atoms with Crippen LogP contribution in [0.2, 0.25) is 0 Å². The number of halogens is 2. The first-order chi connectivity index (χ1) is 8.76. The molecular weight excluding hydrogens is 250 g/mol. The Labute approximate surface area is 114 Å². The Kier molecular flexibility index (Phi) is 4.19. The lowest BCUT2D eigenvalue weighted by atomic mass is 10.1. The van der Waals surface area contributed by atoms with Gasteiger partial charge in [0.2, 0.25) is 0 Å². The van der Waals surface area contributed by atoms with Crippen LogP contribution in [-0.4, -0.2) is 68.2 Å². The van der Waals surface area contributed by atoms with Crippen molar-refractivity contribution in [2.24, 2.45) is 5.41 Å². The second kappa shape index (κ2) is 5.26. The number of hydrogen-bond donors (Lipinski definition) is 0. The van der Waals surface area contributed by atoms with Gasteiger partial charge in [-0.1, -0.05) is 0 Å². The lowest BCUT2D eigenvalue weighted by Crippen LogP contribution is -2.37. The lowest BCUT2D eigenvalue weighted by Gasteiger charge is -2.25. The van der Waals surface area contributed by atoms with Gasteiger partial charge in [0.15, 0.2) is 0 Å². The highest BCUT2D eigenvalue weighted by Gasteiger charge is 2.71. The van der Waals surface area contributed by atoms with Crippen LogP contribution in [0.15, 0.2) is 0 Å². The van der Waals surface area contributed by atoms with E-state index in [1.807, 2.05) is 13.8 Å². The summed E-state index contributed by atoms with van der Waals surface area (Å²) in [4.78, 5) is 4.36. The first kappa shape index (κ1) is 15.1. The molecule has 112 valence electrons. The van der Waals surface area contributed by atoms with Crippen molar-refractivity contribution in [2.75, 3.05) is 40.3 Å². The summed E-state index contributed by atoms with van der Waals surface area (Å²) in [6.45, 7) is 6.25. The van der Waals surface area contributed by atoms with Crippen LogP contribution in [0.5, 0.6) is 0 Å². The highest BCUT2D eigenvalue weighted by atomic mass is 19.3. The average molecular weight is 276 g/mol. The largest absolute Gasteiger partial charge is 0.378 e. The van der Waals surface area contributed by atoms with Crippen molar-refractivity contribution in [1.29, 1.82) is 0 Å². The Balaban J connectivity index is 1.89. The second-order valence-electron chi connectivity index (χ2n) is 6.66. The monoisotopic (exact) mass is 276 g/mol. The summed E-state index contributed by atoms with van der Waals surface area (Å²) in [5, 5.41) is 0. The number of ether oxygens (including phenoxy) is 1. The van der Waals surface area contributed by atoms with Gasteiger partial charge in [0.05, 0.1) is 18.1 Å². The van der Waals surface area contributed by atoms with E-state index in [9.17, 15) is 8.78 Å². The fourth-order valence-corrected chi connectivity index (χ4v) is 2.89. The maximum Gasteiger partial charge on any atom is 0.258 e. The standard InChI is InChI=1S/C14H26F2N2O/c1-11(2)19-10-13(8-14(13,15)16)9-18-6-5-12(7-18)17(3)4/h11-12H,5-10H2,1-4H3/t12-,13+/m0/s1. The van der Waals surface area contributed by atoms with E-state index in [1.165, 1.54) is 0 Å². The van der Waals surface area contributed by atoms with Crippen LogP contribution in [0.4, 0.5) is 8.78 Å². The number of likely N-dealkylation sites (N-methyl/N-ethyl adjacent to an activating group) is 1. The van der Waals surface area contributed by atoms with Crippen LogP contribution in [-0.2, 0) is 4.74 Å². The fourth-order valence-electron chi connectivity index (χ4n) is 2.89. The number of nitrogens with zero attached hydrogens (tertiary/aromatic N) is 2. The summed E-state index contributed by atoms with van der Waals surface area (Å²) in [5.74, 6) is -2.54. The van der Waals surface area contributed by atoms with Crippen molar-refractivity contribution < 1.29 is 13.5 Å². The summed E-state index contributed by atoms with van der Waals surface area (Å²) < 4.78 is 32.9. The van der Waals surface area contributed by atoms with Gasteiger partial charge in [-0.25, -0.2) is 8.78 Å². The minimum absolute atomic E-state index is 0.0152. The molecule has 0 amide bonds. The molecule has 0 spiro atoms. The zero-order valence-electron chi connectivity index (χ0n) is 12.5. The lowest BCUT2D eigenvalue weighted by molar-refractivity contribution is -0.0233.